The van der Waals surface area contributed by atoms with Crippen LogP contribution in [0.3, 0.4) is 0 Å². The van der Waals surface area contributed by atoms with Crippen molar-refractivity contribution in [2.24, 2.45) is 5.92 Å². The fraction of sp³-hybridized carbons (Fsp3) is 0.364. The Morgan fingerprint density at radius 1 is 1.35 bits per heavy atom. The van der Waals surface area contributed by atoms with E-state index in [0.29, 0.717) is 0 Å². The van der Waals surface area contributed by atoms with Crippen molar-refractivity contribution in [1.29, 1.82) is 0 Å². The Balaban J connectivity index is 3.05. The van der Waals surface area contributed by atoms with Crippen molar-refractivity contribution in [3.05, 3.63) is 28.2 Å². The number of hydrogen-bond donors (Lipinski definition) is 1. The number of hydrogen-bond acceptors (Lipinski definition) is 2. The average molecular weight is 309 g/mol. The summed E-state index contributed by atoms with van der Waals surface area (Å²) < 4.78 is 31.9. The minimum absolute atomic E-state index is 0.219. The van der Waals surface area contributed by atoms with E-state index in [9.17, 15) is 13.6 Å². The van der Waals surface area contributed by atoms with E-state index in [1.165, 1.54) is 0 Å². The Labute approximate surface area is 106 Å². The molecule has 1 rings (SSSR count). The second-order valence-corrected chi connectivity index (χ2v) is 4.73. The summed E-state index contributed by atoms with van der Waals surface area (Å²) in [6.45, 7) is 3.18. The fourth-order valence-corrected chi connectivity index (χ4v) is 1.64. The van der Waals surface area contributed by atoms with Crippen molar-refractivity contribution in [2.45, 2.75) is 20.0 Å². The van der Waals surface area contributed by atoms with Gasteiger partial charge >= 0.3 is 5.97 Å². The van der Waals surface area contributed by atoms with Gasteiger partial charge < -0.3 is 9.84 Å². The summed E-state index contributed by atoms with van der Waals surface area (Å²) in [5.41, 5.74) is 0. The zero-order valence-corrected chi connectivity index (χ0v) is 10.8. The minimum Gasteiger partial charge on any atom is -0.478 e. The molecule has 0 aromatic heterocycles. The topological polar surface area (TPSA) is 46.5 Å². The average Bonchev–Trinajstić information content (AvgIpc) is 2.14. The summed E-state index contributed by atoms with van der Waals surface area (Å²) in [6, 6.07) is 2.02. The largest absolute Gasteiger partial charge is 0.478 e. The molecule has 17 heavy (non-hydrogen) atoms. The Morgan fingerprint density at radius 2 is 1.82 bits per heavy atom. The van der Waals surface area contributed by atoms with E-state index in [-0.39, 0.29) is 4.47 Å². The van der Waals surface area contributed by atoms with Crippen molar-refractivity contribution >= 4 is 21.9 Å². The van der Waals surface area contributed by atoms with Gasteiger partial charge in [-0.25, -0.2) is 13.6 Å². The molecular formula is C11H11BrF2O3. The Morgan fingerprint density at radius 3 is 2.18 bits per heavy atom. The monoisotopic (exact) mass is 308 g/mol. The second kappa shape index (κ2) is 5.44. The lowest BCUT2D eigenvalue weighted by molar-refractivity contribution is -0.147. The Hall–Kier alpha value is -1.17. The summed E-state index contributed by atoms with van der Waals surface area (Å²) in [7, 11) is 0. The van der Waals surface area contributed by atoms with E-state index in [2.05, 4.69) is 15.9 Å². The molecule has 1 aromatic rings. The van der Waals surface area contributed by atoms with E-state index >= 15 is 0 Å². The minimum atomic E-state index is -1.29. The van der Waals surface area contributed by atoms with Crippen molar-refractivity contribution in [1.82, 2.24) is 0 Å². The molecule has 94 valence electrons. The molecule has 1 N–H and O–H groups in total. The van der Waals surface area contributed by atoms with Crippen molar-refractivity contribution in [3.63, 3.8) is 0 Å². The van der Waals surface area contributed by atoms with Gasteiger partial charge in [-0.1, -0.05) is 29.8 Å². The lowest BCUT2D eigenvalue weighted by atomic mass is 10.1. The second-order valence-electron chi connectivity index (χ2n) is 3.82. The quantitative estimate of drug-likeness (QED) is 0.929. The van der Waals surface area contributed by atoms with E-state index < -0.39 is 35.4 Å². The molecule has 0 radical (unpaired) electrons. The van der Waals surface area contributed by atoms with Crippen LogP contribution < -0.4 is 4.74 Å². The first-order valence-electron chi connectivity index (χ1n) is 4.87. The number of aliphatic carboxylic acids is 1. The predicted octanol–water partition coefficient (Wildman–Crippen LogP) is 3.22. The molecule has 0 spiro atoms. The highest BCUT2D eigenvalue weighted by molar-refractivity contribution is 9.10. The molecule has 3 nitrogen and oxygen atoms in total. The standard InChI is InChI=1S/C11H11BrF2O3/c1-5(2)9(11(15)16)17-10-7(13)3-6(12)4-8(10)14/h3-5,9H,1-2H3,(H,15,16)/t9-/m0/s1. The number of carboxylic acid groups (broad SMARTS) is 1. The molecule has 0 unspecified atom stereocenters. The van der Waals surface area contributed by atoms with Gasteiger partial charge in [-0.3, -0.25) is 0 Å². The molecule has 1 aromatic carbocycles. The van der Waals surface area contributed by atoms with Gasteiger partial charge in [-0.15, -0.1) is 0 Å². The molecule has 0 bridgehead atoms. The van der Waals surface area contributed by atoms with Gasteiger partial charge in [-0.2, -0.15) is 0 Å². The molecule has 0 saturated carbocycles. The van der Waals surface area contributed by atoms with E-state index in [0.717, 1.165) is 12.1 Å². The van der Waals surface area contributed by atoms with Crippen molar-refractivity contribution < 1.29 is 23.4 Å². The maximum Gasteiger partial charge on any atom is 0.345 e. The molecule has 0 heterocycles. The van der Waals surface area contributed by atoms with Crippen LogP contribution in [0.2, 0.25) is 0 Å². The van der Waals surface area contributed by atoms with Gasteiger partial charge in [-0.05, 0) is 12.1 Å². The summed E-state index contributed by atoms with van der Waals surface area (Å²) >= 11 is 2.92. The Kier molecular flexibility index (Phi) is 4.45. The zero-order valence-electron chi connectivity index (χ0n) is 9.21. The number of rotatable bonds is 4. The normalized spacial score (nSPS) is 12.6. The molecule has 1 atom stereocenters. The maximum atomic E-state index is 13.4. The predicted molar refractivity (Wildman–Crippen MR) is 60.9 cm³/mol. The molecule has 0 saturated heterocycles. The maximum absolute atomic E-state index is 13.4. The first-order chi connectivity index (χ1) is 7.82. The third-order valence-corrected chi connectivity index (χ3v) is 2.51. The van der Waals surface area contributed by atoms with E-state index in [1.807, 2.05) is 0 Å². The van der Waals surface area contributed by atoms with Crippen molar-refractivity contribution in [3.8, 4) is 5.75 Å². The summed E-state index contributed by atoms with van der Waals surface area (Å²) in [4.78, 5) is 10.9. The van der Waals surface area contributed by atoms with Gasteiger partial charge in [0.2, 0.25) is 0 Å². The molecule has 0 aliphatic carbocycles. The number of halogens is 3. The number of carboxylic acids is 1. The highest BCUT2D eigenvalue weighted by Gasteiger charge is 2.26. The third kappa shape index (κ3) is 3.39. The summed E-state index contributed by atoms with van der Waals surface area (Å²) in [6.07, 6.45) is -1.29. The van der Waals surface area contributed by atoms with E-state index in [4.69, 9.17) is 9.84 Å². The summed E-state index contributed by atoms with van der Waals surface area (Å²) in [5, 5.41) is 8.86. The van der Waals surface area contributed by atoms with Gasteiger partial charge in [0.1, 0.15) is 0 Å². The van der Waals surface area contributed by atoms with Gasteiger partial charge in [0.15, 0.2) is 23.5 Å². The van der Waals surface area contributed by atoms with Crippen LogP contribution >= 0.6 is 15.9 Å². The third-order valence-electron chi connectivity index (χ3n) is 2.06. The number of ether oxygens (including phenoxy) is 1. The van der Waals surface area contributed by atoms with Crippen LogP contribution in [-0.2, 0) is 4.79 Å². The van der Waals surface area contributed by atoms with Crippen LogP contribution in [0.5, 0.6) is 5.75 Å². The molecule has 0 aliphatic rings. The van der Waals surface area contributed by atoms with Gasteiger partial charge in [0, 0.05) is 10.4 Å². The van der Waals surface area contributed by atoms with Crippen molar-refractivity contribution in [2.75, 3.05) is 0 Å². The molecule has 0 aliphatic heterocycles. The number of benzene rings is 1. The zero-order chi connectivity index (χ0) is 13.2. The SMILES string of the molecule is CC(C)[C@H](Oc1c(F)cc(Br)cc1F)C(=O)O. The lowest BCUT2D eigenvalue weighted by Gasteiger charge is -2.19. The molecule has 0 fully saturated rings. The number of carbonyl (C=O) groups is 1. The Bertz CT molecular complexity index is 412. The molecular weight excluding hydrogens is 298 g/mol. The van der Waals surface area contributed by atoms with Crippen LogP contribution in [0.25, 0.3) is 0 Å². The first-order valence-corrected chi connectivity index (χ1v) is 5.66. The van der Waals surface area contributed by atoms with Crippen LogP contribution in [0.15, 0.2) is 16.6 Å². The fourth-order valence-electron chi connectivity index (χ4n) is 1.24. The van der Waals surface area contributed by atoms with Crippen LogP contribution in [0, 0.1) is 17.6 Å². The smallest absolute Gasteiger partial charge is 0.345 e. The highest BCUT2D eigenvalue weighted by atomic mass is 79.9. The van der Waals surface area contributed by atoms with Crippen LogP contribution in [-0.4, -0.2) is 17.2 Å². The molecule has 0 amide bonds. The lowest BCUT2D eigenvalue weighted by Crippen LogP contribution is -2.32. The van der Waals surface area contributed by atoms with E-state index in [1.54, 1.807) is 13.8 Å². The van der Waals surface area contributed by atoms with Crippen LogP contribution in [0.1, 0.15) is 13.8 Å². The highest BCUT2D eigenvalue weighted by Crippen LogP contribution is 2.27. The molecule has 6 heteroatoms. The van der Waals surface area contributed by atoms with Crippen LogP contribution in [0.4, 0.5) is 8.78 Å². The van der Waals surface area contributed by atoms with Gasteiger partial charge in [0.05, 0.1) is 0 Å². The summed E-state index contributed by atoms with van der Waals surface area (Å²) in [5.74, 6) is -4.22. The first kappa shape index (κ1) is 13.9. The van der Waals surface area contributed by atoms with Gasteiger partial charge in [0.25, 0.3) is 0 Å².